The molecule has 424 valence electrons. The summed E-state index contributed by atoms with van der Waals surface area (Å²) in [5, 5.41) is 0. The standard InChI is InChI=1S/C9H18.C7H14.C6H12.6C6H14.2C5H12/c1-8-4-6-9(2,3)7-5-8;1-6-3-4-7(2)5-6;1-6-4-2-3-5-6;4*1-5-6(2,3)4;2*1-4-6(3)5-2;1-5(2,3)4;1-4-5(2)3/h8H,4-7H2,1-3H3;6-7H,3-5H2,1-2H3;6H,2-5H2,1H3;4*5H2,1-4H3;2*6H,4-5H2,1-3H3;1-4H3;5H,4H2,1-3H3/i8D;3D2,4D2,5D2,6D,7D;6D;2*2D3,3D3,5D2;2*5D2;1D3,4D2,5D2,6D;6D;1D3,2D3;2D3,4D2,5D. The lowest BCUT2D eigenvalue weighted by molar-refractivity contribution is 0.201. The Balaban J connectivity index is -0.000000191. The highest BCUT2D eigenvalue weighted by molar-refractivity contribution is 4.76. The Morgan fingerprint density at radius 3 is 0.941 bits per heavy atom. The molecular weight excluding hydrogens is 817 g/mol. The van der Waals surface area contributed by atoms with E-state index in [4.69, 9.17) is 69.9 Å². The molecule has 0 bridgehead atoms. The molecule has 0 spiro atoms. The van der Waals surface area contributed by atoms with Gasteiger partial charge in [0.15, 0.2) is 0 Å². The summed E-state index contributed by atoms with van der Waals surface area (Å²) in [4.78, 5) is 0. The lowest BCUT2D eigenvalue weighted by Crippen LogP contribution is -2.19. The van der Waals surface area contributed by atoms with E-state index in [1.165, 1.54) is 39.5 Å². The number of hydrogen-bond acceptors (Lipinski definition) is 0. The quantitative estimate of drug-likeness (QED) is 0.257. The van der Waals surface area contributed by atoms with Crippen molar-refractivity contribution in [2.24, 2.45) is 73.7 Å². The number of rotatable bonds is 5. The van der Waals surface area contributed by atoms with E-state index in [0.29, 0.717) is 5.41 Å². The van der Waals surface area contributed by atoms with Crippen molar-refractivity contribution in [2.45, 2.75) is 370 Å². The van der Waals surface area contributed by atoms with Gasteiger partial charge in [-0.1, -0.05) is 350 Å². The first-order chi connectivity index (χ1) is 49.7. The largest absolute Gasteiger partial charge is 0.0651 e. The van der Waals surface area contributed by atoms with E-state index in [2.05, 4.69) is 34.6 Å². The second-order valence-corrected chi connectivity index (χ2v) is 20.8. The molecule has 3 fully saturated rings. The van der Waals surface area contributed by atoms with E-state index >= 15 is 0 Å². The minimum atomic E-state index is -3.01. The predicted octanol–water partition coefficient (Wildman–Crippen LogP) is 26.6. The van der Waals surface area contributed by atoms with Crippen LogP contribution in [-0.4, -0.2) is 0 Å². The minimum absolute atomic E-state index is 0.0556. The molecule has 0 aromatic rings. The Morgan fingerprint density at radius 2 is 0.853 bits per heavy atom. The van der Waals surface area contributed by atoms with Gasteiger partial charge in [0.25, 0.3) is 0 Å². The van der Waals surface area contributed by atoms with Gasteiger partial charge < -0.3 is 0 Å². The zero-order chi connectivity index (χ0) is 101. The first kappa shape index (κ1) is 24.8. The van der Waals surface area contributed by atoms with Gasteiger partial charge in [0.1, 0.15) is 0 Å². The third-order valence-electron chi connectivity index (χ3n) is 9.37. The van der Waals surface area contributed by atoms with Gasteiger partial charge >= 0.3 is 0 Å². The van der Waals surface area contributed by atoms with E-state index < -0.39 is 158 Å². The minimum Gasteiger partial charge on any atom is -0.0651 e. The van der Waals surface area contributed by atoms with E-state index in [-0.39, 0.29) is 28.5 Å². The zero-order valence-electron chi connectivity index (χ0n) is 101. The second-order valence-electron chi connectivity index (χ2n) is 20.8. The van der Waals surface area contributed by atoms with Crippen molar-refractivity contribution in [3.8, 4) is 0 Å². The molecular formula is C68H152. The average Bonchev–Trinajstić information content (AvgIpc) is 1.51. The van der Waals surface area contributed by atoms with Crippen LogP contribution in [0.5, 0.6) is 0 Å². The first-order valence-corrected chi connectivity index (χ1v) is 24.2. The maximum Gasteiger partial charge on any atom is 0.0300 e. The Labute approximate surface area is 514 Å². The molecule has 3 aliphatic rings. The van der Waals surface area contributed by atoms with Gasteiger partial charge in [-0.05, 0) is 93.0 Å². The van der Waals surface area contributed by atoms with E-state index in [1.807, 2.05) is 55.4 Å². The Hall–Kier alpha value is 0. The Bertz CT molecular complexity index is 2500. The second kappa shape index (κ2) is 49.2. The zero-order valence-corrected chi connectivity index (χ0v) is 49.6. The van der Waals surface area contributed by atoms with Crippen LogP contribution in [0.4, 0.5) is 0 Å². The SMILES string of the molecule is [2H]C(C)(CC)CC.[2H]C([2H])(C)C(C)(C)C.[2H]C([2H])(C)C(C)(C)C.[2H]C([2H])([2H])C(C)(C([2H])([2H])[2H])C([2H])([2H])C.[2H]C([2H])([2H])C(C)(C([2H])([2H])[2H])C([2H])([2H])C.[2H]C([2H])([2H])C(C)(C)C([2H])([2H])[2H].[2H]C([2H])([2H])C([2H])(C)C([2H])([2H])C.[2H]C([2H])([2H])C([2H])([2H])C([2H])(C)C([2H])([2H])C.[2H]C1(C)CCC(C)(C)CC1.[2H]C1(C)CCCC1.[2H]C1([2H])C([2H])([2H])C([2H])(C)C([2H])([2H])C1([2H])C. The summed E-state index contributed by atoms with van der Waals surface area (Å²) in [6, 6.07) is 0. The van der Waals surface area contributed by atoms with Crippen LogP contribution < -0.4 is 0 Å². The number of hydrogen-bond donors (Lipinski definition) is 0. The van der Waals surface area contributed by atoms with E-state index in [1.54, 1.807) is 13.8 Å². The van der Waals surface area contributed by atoms with Gasteiger partial charge in [-0.2, -0.15) is 0 Å². The fourth-order valence-electron chi connectivity index (χ4n) is 3.18. The molecule has 0 amide bonds. The molecule has 0 heteroatoms. The van der Waals surface area contributed by atoms with Crippen LogP contribution in [-0.2, 0) is 0 Å². The molecule has 0 aliphatic heterocycles. The fourth-order valence-corrected chi connectivity index (χ4v) is 3.18. The van der Waals surface area contributed by atoms with Crippen molar-refractivity contribution in [3.63, 3.8) is 0 Å². The fraction of sp³-hybridized carbons (Fsp3) is 1.00. The summed E-state index contributed by atoms with van der Waals surface area (Å²) >= 11 is 0. The molecule has 3 rings (SSSR count). The molecule has 68 heavy (non-hydrogen) atoms. The molecule has 0 nitrogen and oxygen atoms in total. The highest BCUT2D eigenvalue weighted by Gasteiger charge is 2.24. The normalized spacial score (nSPS) is 39.1. The molecule has 0 aromatic heterocycles. The summed E-state index contributed by atoms with van der Waals surface area (Å²) in [5.74, 6) is -9.29. The van der Waals surface area contributed by atoms with Crippen LogP contribution >= 0.6 is 0 Å². The molecule has 3 aliphatic carbocycles. The lowest BCUT2D eigenvalue weighted by Gasteiger charge is -2.32. The van der Waals surface area contributed by atoms with Crippen molar-refractivity contribution in [1.82, 2.24) is 0 Å². The van der Waals surface area contributed by atoms with Crippen molar-refractivity contribution < 1.29 is 69.9 Å². The molecule has 3 saturated carbocycles. The summed E-state index contributed by atoms with van der Waals surface area (Å²) in [7, 11) is 0. The Morgan fingerprint density at radius 1 is 0.515 bits per heavy atom. The van der Waals surface area contributed by atoms with Crippen LogP contribution in [0.3, 0.4) is 0 Å². The third kappa shape index (κ3) is 112. The van der Waals surface area contributed by atoms with Gasteiger partial charge in [0.05, 0.1) is 0 Å². The van der Waals surface area contributed by atoms with E-state index in [9.17, 15) is 0 Å². The van der Waals surface area contributed by atoms with Crippen LogP contribution in [0.2, 0.25) is 0 Å². The highest BCUT2D eigenvalue weighted by Crippen LogP contribution is 2.37. The molecule has 4 atom stereocenters. The summed E-state index contributed by atoms with van der Waals surface area (Å²) < 4.78 is 369. The van der Waals surface area contributed by atoms with Gasteiger partial charge in [0, 0.05) is 69.9 Å². The van der Waals surface area contributed by atoms with Gasteiger partial charge in [-0.15, -0.1) is 0 Å². The Kier molecular flexibility index (Phi) is 17.9. The molecule has 0 saturated heterocycles. The highest BCUT2D eigenvalue weighted by atomic mass is 14.3. The maximum atomic E-state index is 7.80. The van der Waals surface area contributed by atoms with Crippen LogP contribution in [0.1, 0.15) is 440 Å². The van der Waals surface area contributed by atoms with Crippen molar-refractivity contribution in [3.05, 3.63) is 0 Å². The van der Waals surface area contributed by atoms with Crippen molar-refractivity contribution >= 4 is 0 Å². The topological polar surface area (TPSA) is 0 Å². The first-order valence-electron chi connectivity index (χ1n) is 49.7. The van der Waals surface area contributed by atoms with Crippen LogP contribution in [0.15, 0.2) is 0 Å². The van der Waals surface area contributed by atoms with Crippen molar-refractivity contribution in [2.75, 3.05) is 0 Å². The summed E-state index contributed by atoms with van der Waals surface area (Å²) in [6.45, 7) is 19.9. The smallest absolute Gasteiger partial charge is 0.0300 e. The van der Waals surface area contributed by atoms with Gasteiger partial charge in [-0.3, -0.25) is 0 Å². The average molecular weight is 1020 g/mol. The lowest BCUT2D eigenvalue weighted by atomic mass is 9.74. The van der Waals surface area contributed by atoms with E-state index in [0.717, 1.165) is 108 Å². The van der Waals surface area contributed by atoms with Crippen LogP contribution in [0.25, 0.3) is 0 Å². The maximum absolute atomic E-state index is 7.80. The van der Waals surface area contributed by atoms with Gasteiger partial charge in [0.2, 0.25) is 0 Å². The third-order valence-corrected chi connectivity index (χ3v) is 9.37. The molecule has 0 radical (unpaired) electrons. The summed E-state index contributed by atoms with van der Waals surface area (Å²) in [5.41, 5.74) is -6.28. The summed E-state index contributed by atoms with van der Waals surface area (Å²) in [6.07, 6.45) is -10.5. The monoisotopic (exact) mass is 1020 g/mol. The molecule has 0 heterocycles. The van der Waals surface area contributed by atoms with Crippen LogP contribution in [0, 0.1) is 73.7 Å². The molecule has 4 unspecified atom stereocenters. The van der Waals surface area contributed by atoms with Gasteiger partial charge in [-0.25, -0.2) is 0 Å². The predicted molar refractivity (Wildman–Crippen MR) is 330 cm³/mol. The molecule has 0 aromatic carbocycles. The van der Waals surface area contributed by atoms with Crippen molar-refractivity contribution in [1.29, 1.82) is 0 Å². The molecule has 0 N–H and O–H groups in total.